The Hall–Kier alpha value is -3.05. The summed E-state index contributed by atoms with van der Waals surface area (Å²) in [6.07, 6.45) is 2.96. The molecule has 0 aliphatic rings. The highest BCUT2D eigenvalue weighted by atomic mass is 32.2. The highest BCUT2D eigenvalue weighted by Crippen LogP contribution is 2.21. The smallest absolute Gasteiger partial charge is 0.326 e. The number of thioether (sulfide) groups is 1. The van der Waals surface area contributed by atoms with Crippen LogP contribution in [0.1, 0.15) is 18.4 Å². The van der Waals surface area contributed by atoms with Crippen molar-refractivity contribution < 1.29 is 33.8 Å². The summed E-state index contributed by atoms with van der Waals surface area (Å²) in [5, 5.41) is 23.5. The number of carboxylic acid groups (broad SMARTS) is 2. The molecule has 0 saturated carbocycles. The number of carbonyl (C=O) groups is 4. The predicted molar refractivity (Wildman–Crippen MR) is 115 cm³/mol. The van der Waals surface area contributed by atoms with E-state index in [9.17, 15) is 19.2 Å². The van der Waals surface area contributed by atoms with E-state index in [0.29, 0.717) is 11.3 Å². The number of amides is 2. The normalized spacial score (nSPS) is 13.9. The average Bonchev–Trinajstić information content (AvgIpc) is 3.12. The fraction of sp³-hybridized carbons (Fsp3) is 0.400. The van der Waals surface area contributed by atoms with Gasteiger partial charge in [0.1, 0.15) is 17.7 Å². The number of nitrogens with one attached hydrogen (secondary N) is 2. The van der Waals surface area contributed by atoms with E-state index in [-0.39, 0.29) is 12.8 Å². The number of para-hydroxylation sites is 1. The molecule has 0 aliphatic carbocycles. The van der Waals surface area contributed by atoms with Crippen molar-refractivity contribution in [3.63, 3.8) is 0 Å². The molecule has 2 aromatic rings. The van der Waals surface area contributed by atoms with Crippen molar-refractivity contribution in [3.05, 3.63) is 36.1 Å². The Morgan fingerprint density at radius 2 is 1.77 bits per heavy atom. The second-order valence-corrected chi connectivity index (χ2v) is 7.89. The molecule has 11 heteroatoms. The molecule has 6 N–H and O–H groups in total. The van der Waals surface area contributed by atoms with Crippen LogP contribution in [-0.4, -0.2) is 64.1 Å². The molecular formula is C20H25N3O7S. The molecule has 1 heterocycles. The van der Waals surface area contributed by atoms with E-state index in [1.54, 1.807) is 6.07 Å². The van der Waals surface area contributed by atoms with Gasteiger partial charge >= 0.3 is 11.9 Å². The van der Waals surface area contributed by atoms with Crippen molar-refractivity contribution >= 4 is 46.5 Å². The minimum absolute atomic E-state index is 0.177. The molecule has 0 radical (unpaired) electrons. The maximum Gasteiger partial charge on any atom is 0.326 e. The quantitative estimate of drug-likeness (QED) is 0.309. The SMILES string of the molecule is CSCC[C@H](NC(=O)[C@@H](N)Cc1coc2ccccc12)C(=O)N[C@@H](CC(=O)O)C(=O)O. The molecule has 1 aromatic heterocycles. The van der Waals surface area contributed by atoms with Gasteiger partial charge in [0.25, 0.3) is 0 Å². The third-order valence-corrected chi connectivity index (χ3v) is 5.22. The van der Waals surface area contributed by atoms with Gasteiger partial charge in [0.2, 0.25) is 11.8 Å². The lowest BCUT2D eigenvalue weighted by Gasteiger charge is -2.22. The molecule has 0 unspecified atom stereocenters. The van der Waals surface area contributed by atoms with Crippen LogP contribution in [0.5, 0.6) is 0 Å². The summed E-state index contributed by atoms with van der Waals surface area (Å²) in [7, 11) is 0. The Kier molecular flexibility index (Phi) is 8.88. The van der Waals surface area contributed by atoms with Crippen LogP contribution < -0.4 is 16.4 Å². The lowest BCUT2D eigenvalue weighted by Crippen LogP contribution is -2.55. The summed E-state index contributed by atoms with van der Waals surface area (Å²) in [6.45, 7) is 0. The standard InChI is InChI=1S/C20H25N3O7S/c1-31-7-6-14(19(27)23-15(20(28)29)9-17(24)25)22-18(26)13(21)8-11-10-30-16-5-3-2-4-12(11)16/h2-5,10,13-15H,6-9,21H2,1H3,(H,22,26)(H,23,27)(H,24,25)(H,28,29)/t13-,14-,15-/m0/s1. The molecule has 2 rings (SSSR count). The van der Waals surface area contributed by atoms with E-state index in [1.165, 1.54) is 18.0 Å². The zero-order valence-corrected chi connectivity index (χ0v) is 17.7. The molecule has 3 atom stereocenters. The van der Waals surface area contributed by atoms with Gasteiger partial charge in [-0.3, -0.25) is 14.4 Å². The first-order valence-electron chi connectivity index (χ1n) is 9.48. The zero-order valence-electron chi connectivity index (χ0n) is 16.9. The molecular weight excluding hydrogens is 426 g/mol. The summed E-state index contributed by atoms with van der Waals surface area (Å²) in [6, 6.07) is 3.68. The summed E-state index contributed by atoms with van der Waals surface area (Å²) in [5.74, 6) is -3.70. The minimum atomic E-state index is -1.61. The van der Waals surface area contributed by atoms with Gasteiger partial charge in [-0.15, -0.1) is 0 Å². The van der Waals surface area contributed by atoms with Crippen LogP contribution in [0.15, 0.2) is 34.9 Å². The number of hydrogen-bond donors (Lipinski definition) is 5. The van der Waals surface area contributed by atoms with Gasteiger partial charge in [-0.2, -0.15) is 11.8 Å². The van der Waals surface area contributed by atoms with E-state index in [2.05, 4.69) is 10.6 Å². The average molecular weight is 452 g/mol. The van der Waals surface area contributed by atoms with Gasteiger partial charge in [-0.05, 0) is 24.5 Å². The maximum absolute atomic E-state index is 12.6. The molecule has 0 aliphatic heterocycles. The van der Waals surface area contributed by atoms with E-state index in [4.69, 9.17) is 20.4 Å². The number of benzene rings is 1. The van der Waals surface area contributed by atoms with Gasteiger partial charge in [0.05, 0.1) is 18.7 Å². The molecule has 168 valence electrons. The third-order valence-electron chi connectivity index (χ3n) is 4.57. The largest absolute Gasteiger partial charge is 0.481 e. The van der Waals surface area contributed by atoms with Gasteiger partial charge in [0, 0.05) is 17.4 Å². The summed E-state index contributed by atoms with van der Waals surface area (Å²) in [4.78, 5) is 47.2. The van der Waals surface area contributed by atoms with E-state index in [1.807, 2.05) is 24.5 Å². The fourth-order valence-corrected chi connectivity index (χ4v) is 3.42. The Balaban J connectivity index is 2.05. The van der Waals surface area contributed by atoms with Crippen LogP contribution in [0, 0.1) is 0 Å². The van der Waals surface area contributed by atoms with Crippen LogP contribution in [-0.2, 0) is 25.6 Å². The fourth-order valence-electron chi connectivity index (χ4n) is 2.95. The second-order valence-electron chi connectivity index (χ2n) is 6.91. The Labute approximate surface area is 182 Å². The number of rotatable bonds is 12. The minimum Gasteiger partial charge on any atom is -0.481 e. The van der Waals surface area contributed by atoms with Crippen molar-refractivity contribution in [2.75, 3.05) is 12.0 Å². The molecule has 31 heavy (non-hydrogen) atoms. The number of aliphatic carboxylic acids is 2. The van der Waals surface area contributed by atoms with Crippen molar-refractivity contribution in [2.45, 2.75) is 37.4 Å². The van der Waals surface area contributed by atoms with Gasteiger partial charge in [0.15, 0.2) is 0 Å². The third kappa shape index (κ3) is 7.00. The maximum atomic E-state index is 12.6. The summed E-state index contributed by atoms with van der Waals surface area (Å²) >= 11 is 1.44. The first kappa shape index (κ1) is 24.2. The number of hydrogen-bond acceptors (Lipinski definition) is 7. The molecule has 2 amide bonds. The van der Waals surface area contributed by atoms with Crippen LogP contribution in [0.4, 0.5) is 0 Å². The topological polar surface area (TPSA) is 172 Å². The van der Waals surface area contributed by atoms with Gasteiger partial charge in [-0.25, -0.2) is 4.79 Å². The molecule has 0 fully saturated rings. The first-order valence-corrected chi connectivity index (χ1v) is 10.9. The van der Waals surface area contributed by atoms with Gasteiger partial charge < -0.3 is 31.0 Å². The first-order chi connectivity index (χ1) is 14.7. The van der Waals surface area contributed by atoms with Crippen LogP contribution in [0.2, 0.25) is 0 Å². The molecule has 10 nitrogen and oxygen atoms in total. The Bertz CT molecular complexity index is 946. The zero-order chi connectivity index (χ0) is 23.0. The number of carbonyl (C=O) groups excluding carboxylic acids is 2. The number of fused-ring (bicyclic) bond motifs is 1. The van der Waals surface area contributed by atoms with Crippen LogP contribution in [0.25, 0.3) is 11.0 Å². The highest BCUT2D eigenvalue weighted by Gasteiger charge is 2.29. The van der Waals surface area contributed by atoms with E-state index >= 15 is 0 Å². The summed E-state index contributed by atoms with van der Waals surface area (Å²) in [5.41, 5.74) is 7.44. The Morgan fingerprint density at radius 3 is 2.42 bits per heavy atom. The highest BCUT2D eigenvalue weighted by molar-refractivity contribution is 7.98. The van der Waals surface area contributed by atoms with Crippen molar-refractivity contribution in [3.8, 4) is 0 Å². The lowest BCUT2D eigenvalue weighted by atomic mass is 10.0. The Morgan fingerprint density at radius 1 is 1.10 bits per heavy atom. The molecule has 0 bridgehead atoms. The molecule has 1 aromatic carbocycles. The van der Waals surface area contributed by atoms with Crippen LogP contribution >= 0.6 is 11.8 Å². The van der Waals surface area contributed by atoms with E-state index < -0.39 is 48.3 Å². The number of carboxylic acids is 2. The predicted octanol–water partition coefficient (Wildman–Crippen LogP) is 0.585. The number of furan rings is 1. The van der Waals surface area contributed by atoms with Crippen molar-refractivity contribution in [1.82, 2.24) is 10.6 Å². The second kappa shape index (κ2) is 11.4. The number of nitrogens with two attached hydrogens (primary N) is 1. The summed E-state index contributed by atoms with van der Waals surface area (Å²) < 4.78 is 5.44. The monoisotopic (exact) mass is 451 g/mol. The van der Waals surface area contributed by atoms with Crippen molar-refractivity contribution in [2.24, 2.45) is 5.73 Å². The lowest BCUT2D eigenvalue weighted by molar-refractivity contribution is -0.147. The van der Waals surface area contributed by atoms with Gasteiger partial charge in [-0.1, -0.05) is 18.2 Å². The van der Waals surface area contributed by atoms with E-state index in [0.717, 1.165) is 10.9 Å². The van der Waals surface area contributed by atoms with Crippen LogP contribution in [0.3, 0.4) is 0 Å². The molecule has 0 saturated heterocycles. The van der Waals surface area contributed by atoms with Crippen molar-refractivity contribution in [1.29, 1.82) is 0 Å². The molecule has 0 spiro atoms.